The Morgan fingerprint density at radius 1 is 1.50 bits per heavy atom. The highest BCUT2D eigenvalue weighted by Crippen LogP contribution is 2.17. The van der Waals surface area contributed by atoms with Gasteiger partial charge in [-0.15, -0.1) is 0 Å². The van der Waals surface area contributed by atoms with Gasteiger partial charge in [0.15, 0.2) is 5.82 Å². The van der Waals surface area contributed by atoms with Gasteiger partial charge in [-0.25, -0.2) is 9.67 Å². The van der Waals surface area contributed by atoms with Crippen LogP contribution < -0.4 is 10.9 Å². The van der Waals surface area contributed by atoms with Crippen molar-refractivity contribution in [2.75, 3.05) is 7.05 Å². The number of hydrogen-bond acceptors (Lipinski definition) is 3. The first-order valence-corrected chi connectivity index (χ1v) is 6.21. The molecule has 0 radical (unpaired) electrons. The predicted octanol–water partition coefficient (Wildman–Crippen LogP) is 0.637. The molecule has 0 bridgehead atoms. The fraction of sp³-hybridized carbons (Fsp3) is 0.385. The fourth-order valence-electron chi connectivity index (χ4n) is 2.50. The summed E-state index contributed by atoms with van der Waals surface area (Å²) in [6.07, 6.45) is 4.46. The molecule has 1 unspecified atom stereocenters. The quantitative estimate of drug-likeness (QED) is 0.814. The highest BCUT2D eigenvalue weighted by Gasteiger charge is 2.23. The summed E-state index contributed by atoms with van der Waals surface area (Å²) in [6.45, 7) is 0. The first kappa shape index (κ1) is 11.2. The zero-order chi connectivity index (χ0) is 12.5. The van der Waals surface area contributed by atoms with Gasteiger partial charge < -0.3 is 5.32 Å². The first-order chi connectivity index (χ1) is 8.79. The molecule has 0 spiro atoms. The summed E-state index contributed by atoms with van der Waals surface area (Å²) >= 11 is 0. The molecule has 5 nitrogen and oxygen atoms in total. The second kappa shape index (κ2) is 4.42. The Bertz CT molecular complexity index is 599. The van der Waals surface area contributed by atoms with Crippen LogP contribution in [0.5, 0.6) is 0 Å². The average Bonchev–Trinajstić information content (AvgIpc) is 2.77. The minimum Gasteiger partial charge on any atom is -0.317 e. The van der Waals surface area contributed by atoms with Gasteiger partial charge >= 0.3 is 0 Å². The summed E-state index contributed by atoms with van der Waals surface area (Å²) in [5.41, 5.74) is 1.98. The molecule has 1 aliphatic rings. The third-order valence-corrected chi connectivity index (χ3v) is 3.55. The van der Waals surface area contributed by atoms with E-state index in [4.69, 9.17) is 0 Å². The number of nitrogens with zero attached hydrogens (tertiary/aromatic N) is 2. The Labute approximate surface area is 105 Å². The summed E-state index contributed by atoms with van der Waals surface area (Å²) in [5, 5.41) is 6.42. The Balaban J connectivity index is 2.05. The van der Waals surface area contributed by atoms with Crippen molar-refractivity contribution in [3.05, 3.63) is 46.0 Å². The summed E-state index contributed by atoms with van der Waals surface area (Å²) in [5.74, 6) is 0.651. The maximum Gasteiger partial charge on any atom is 0.276 e. The number of H-pyrrole nitrogens is 1. The van der Waals surface area contributed by atoms with Crippen LogP contribution in [0.1, 0.15) is 17.7 Å². The van der Waals surface area contributed by atoms with Crippen LogP contribution in [0.2, 0.25) is 0 Å². The maximum absolute atomic E-state index is 12.3. The van der Waals surface area contributed by atoms with Crippen LogP contribution in [0.4, 0.5) is 0 Å². The van der Waals surface area contributed by atoms with Crippen LogP contribution in [0.25, 0.3) is 5.82 Å². The lowest BCUT2D eigenvalue weighted by Gasteiger charge is -2.19. The zero-order valence-corrected chi connectivity index (χ0v) is 10.3. The molecule has 2 N–H and O–H groups in total. The van der Waals surface area contributed by atoms with Crippen LogP contribution >= 0.6 is 0 Å². The van der Waals surface area contributed by atoms with Crippen molar-refractivity contribution in [2.45, 2.75) is 25.3 Å². The second-order valence-corrected chi connectivity index (χ2v) is 4.63. The average molecular weight is 244 g/mol. The Hall–Kier alpha value is -1.88. The van der Waals surface area contributed by atoms with Crippen molar-refractivity contribution >= 4 is 0 Å². The Morgan fingerprint density at radius 2 is 2.39 bits per heavy atom. The van der Waals surface area contributed by atoms with Crippen LogP contribution in [-0.4, -0.2) is 27.9 Å². The molecule has 18 heavy (non-hydrogen) atoms. The van der Waals surface area contributed by atoms with Crippen molar-refractivity contribution in [3.63, 3.8) is 0 Å². The first-order valence-electron chi connectivity index (χ1n) is 6.21. The zero-order valence-electron chi connectivity index (χ0n) is 10.3. The molecule has 94 valence electrons. The molecule has 2 aromatic heterocycles. The molecule has 3 rings (SSSR count). The summed E-state index contributed by atoms with van der Waals surface area (Å²) in [4.78, 5) is 16.5. The molecule has 2 heterocycles. The number of aromatic amines is 1. The number of nitrogens with one attached hydrogen (secondary N) is 2. The Morgan fingerprint density at radius 3 is 3.11 bits per heavy atom. The molecule has 0 aromatic carbocycles. The molecule has 0 saturated carbocycles. The van der Waals surface area contributed by atoms with Crippen molar-refractivity contribution in [1.82, 2.24) is 20.1 Å². The number of pyridine rings is 1. The van der Waals surface area contributed by atoms with Crippen molar-refractivity contribution in [1.29, 1.82) is 0 Å². The van der Waals surface area contributed by atoms with Gasteiger partial charge in [0.25, 0.3) is 5.56 Å². The lowest BCUT2D eigenvalue weighted by molar-refractivity contribution is 0.492. The summed E-state index contributed by atoms with van der Waals surface area (Å²) < 4.78 is 1.54. The predicted molar refractivity (Wildman–Crippen MR) is 69.1 cm³/mol. The number of fused-ring (bicyclic) bond motifs is 1. The van der Waals surface area contributed by atoms with Crippen LogP contribution in [0.3, 0.4) is 0 Å². The van der Waals surface area contributed by atoms with Gasteiger partial charge in [-0.05, 0) is 38.4 Å². The van der Waals surface area contributed by atoms with E-state index in [9.17, 15) is 4.79 Å². The molecule has 2 aromatic rings. The second-order valence-electron chi connectivity index (χ2n) is 4.63. The van der Waals surface area contributed by atoms with Crippen LogP contribution in [0.15, 0.2) is 29.2 Å². The highest BCUT2D eigenvalue weighted by molar-refractivity contribution is 5.28. The monoisotopic (exact) mass is 244 g/mol. The standard InChI is InChI=1S/C13H16N4O/c1-14-9-5-6-11-10(8-9)13(18)17(16-11)12-4-2-3-7-15-12/h2-4,7,9,14,16H,5-6,8H2,1H3. The Kier molecular flexibility index (Phi) is 2.76. The third kappa shape index (κ3) is 1.76. The lowest BCUT2D eigenvalue weighted by atomic mass is 9.94. The lowest BCUT2D eigenvalue weighted by Crippen LogP contribution is -2.33. The summed E-state index contributed by atoms with van der Waals surface area (Å²) in [6, 6.07) is 5.95. The van der Waals surface area contributed by atoms with E-state index in [0.717, 1.165) is 30.5 Å². The number of likely N-dealkylation sites (N-methyl/N-ethyl adjacent to an activating group) is 1. The topological polar surface area (TPSA) is 62.7 Å². The van der Waals surface area contributed by atoms with E-state index in [-0.39, 0.29) is 5.56 Å². The van der Waals surface area contributed by atoms with E-state index < -0.39 is 0 Å². The van der Waals surface area contributed by atoms with Gasteiger partial charge in [0.05, 0.1) is 0 Å². The molecule has 0 fully saturated rings. The van der Waals surface area contributed by atoms with E-state index in [1.165, 1.54) is 0 Å². The van der Waals surface area contributed by atoms with Crippen molar-refractivity contribution in [3.8, 4) is 5.82 Å². The number of rotatable bonds is 2. The van der Waals surface area contributed by atoms with Crippen LogP contribution in [-0.2, 0) is 12.8 Å². The minimum absolute atomic E-state index is 0.0312. The number of hydrogen-bond donors (Lipinski definition) is 2. The van der Waals surface area contributed by atoms with E-state index >= 15 is 0 Å². The molecule has 1 atom stereocenters. The maximum atomic E-state index is 12.3. The molecule has 5 heteroatoms. The molecule has 0 aliphatic heterocycles. The molecular formula is C13H16N4O. The third-order valence-electron chi connectivity index (χ3n) is 3.55. The highest BCUT2D eigenvalue weighted by atomic mass is 16.1. The molecule has 1 aliphatic carbocycles. The van der Waals surface area contributed by atoms with Gasteiger partial charge in [0.1, 0.15) is 0 Å². The normalized spacial score (nSPS) is 18.6. The van der Waals surface area contributed by atoms with Crippen molar-refractivity contribution < 1.29 is 0 Å². The summed E-state index contributed by atoms with van der Waals surface area (Å²) in [7, 11) is 1.94. The molecule has 0 saturated heterocycles. The van der Waals surface area contributed by atoms with Gasteiger partial charge in [0, 0.05) is 23.5 Å². The van der Waals surface area contributed by atoms with Gasteiger partial charge in [-0.2, -0.15) is 0 Å². The van der Waals surface area contributed by atoms with E-state index in [1.807, 2.05) is 25.2 Å². The fourth-order valence-corrected chi connectivity index (χ4v) is 2.50. The van der Waals surface area contributed by atoms with Crippen LogP contribution in [0, 0.1) is 0 Å². The van der Waals surface area contributed by atoms with E-state index in [0.29, 0.717) is 11.9 Å². The smallest absolute Gasteiger partial charge is 0.276 e. The number of aromatic nitrogens is 3. The van der Waals surface area contributed by atoms with Gasteiger partial charge in [-0.3, -0.25) is 9.89 Å². The molecular weight excluding hydrogens is 228 g/mol. The minimum atomic E-state index is 0.0312. The molecule has 0 amide bonds. The van der Waals surface area contributed by atoms with Gasteiger partial charge in [-0.1, -0.05) is 6.07 Å². The largest absolute Gasteiger partial charge is 0.317 e. The van der Waals surface area contributed by atoms with Gasteiger partial charge in [0.2, 0.25) is 0 Å². The van der Waals surface area contributed by atoms with Crippen molar-refractivity contribution in [2.24, 2.45) is 0 Å². The van der Waals surface area contributed by atoms with E-state index in [1.54, 1.807) is 10.9 Å². The van der Waals surface area contributed by atoms with E-state index in [2.05, 4.69) is 15.4 Å². The number of aryl methyl sites for hydroxylation is 1. The SMILES string of the molecule is CNC1CCc2[nH]n(-c3ccccn3)c(=O)c2C1.